The first kappa shape index (κ1) is 11.7. The summed E-state index contributed by atoms with van der Waals surface area (Å²) in [6, 6.07) is 6.26. The molecule has 3 nitrogen and oxygen atoms in total. The van der Waals surface area contributed by atoms with Crippen molar-refractivity contribution in [3.8, 4) is 0 Å². The highest BCUT2D eigenvalue weighted by Gasteiger charge is 2.06. The summed E-state index contributed by atoms with van der Waals surface area (Å²) in [7, 11) is 0. The van der Waals surface area contributed by atoms with E-state index in [9.17, 15) is 9.18 Å². The van der Waals surface area contributed by atoms with Gasteiger partial charge in [0.25, 0.3) is 5.91 Å². The van der Waals surface area contributed by atoms with E-state index in [1.807, 2.05) is 0 Å². The van der Waals surface area contributed by atoms with Crippen LogP contribution in [0, 0.1) is 5.82 Å². The van der Waals surface area contributed by atoms with Gasteiger partial charge in [0.1, 0.15) is 5.82 Å². The second kappa shape index (κ2) is 5.54. The van der Waals surface area contributed by atoms with Crippen molar-refractivity contribution in [3.05, 3.63) is 52.2 Å². The zero-order chi connectivity index (χ0) is 12.1. The molecule has 0 atom stereocenters. The average Bonchev–Trinajstić information content (AvgIpc) is 2.85. The molecule has 0 spiro atoms. The summed E-state index contributed by atoms with van der Waals surface area (Å²) in [5, 5.41) is 4.98. The van der Waals surface area contributed by atoms with Crippen LogP contribution in [0.5, 0.6) is 0 Å². The Bertz CT molecular complexity index is 482. The van der Waals surface area contributed by atoms with Gasteiger partial charge in [-0.3, -0.25) is 4.79 Å². The molecule has 5 heteroatoms. The Kier molecular flexibility index (Phi) is 3.82. The van der Waals surface area contributed by atoms with E-state index in [1.165, 1.54) is 23.5 Å². The van der Waals surface area contributed by atoms with E-state index in [4.69, 9.17) is 0 Å². The highest BCUT2D eigenvalue weighted by Crippen LogP contribution is 2.04. The Morgan fingerprint density at radius 3 is 2.76 bits per heavy atom. The molecule has 1 aromatic carbocycles. The van der Waals surface area contributed by atoms with Crippen LogP contribution >= 0.6 is 11.3 Å². The second-order valence-corrected chi connectivity index (χ2v) is 4.36. The number of nitrogens with zero attached hydrogens (tertiary/aromatic N) is 1. The molecule has 0 saturated carbocycles. The summed E-state index contributed by atoms with van der Waals surface area (Å²) >= 11 is 1.31. The normalized spacial score (nSPS) is 10.2. The van der Waals surface area contributed by atoms with Crippen LogP contribution in [0.15, 0.2) is 35.8 Å². The predicted molar refractivity (Wildman–Crippen MR) is 64.6 cm³/mol. The molecule has 0 bridgehead atoms. The van der Waals surface area contributed by atoms with Crippen molar-refractivity contribution in [2.24, 2.45) is 0 Å². The van der Waals surface area contributed by atoms with Gasteiger partial charge in [0.2, 0.25) is 0 Å². The first-order valence-corrected chi connectivity index (χ1v) is 6.06. The molecule has 1 N–H and O–H groups in total. The molecule has 0 aliphatic carbocycles. The van der Waals surface area contributed by atoms with Gasteiger partial charge >= 0.3 is 0 Å². The third kappa shape index (κ3) is 3.35. The summed E-state index contributed by atoms with van der Waals surface area (Å²) in [5.74, 6) is -0.414. The quantitative estimate of drug-likeness (QED) is 0.904. The van der Waals surface area contributed by atoms with Crippen LogP contribution in [0.25, 0.3) is 0 Å². The van der Waals surface area contributed by atoms with Gasteiger partial charge < -0.3 is 5.32 Å². The fourth-order valence-corrected chi connectivity index (χ4v) is 1.93. The molecule has 1 aromatic heterocycles. The maximum atomic E-state index is 12.6. The number of nitrogens with one attached hydrogen (secondary N) is 1. The molecule has 0 aliphatic heterocycles. The first-order chi connectivity index (χ1) is 8.25. The van der Waals surface area contributed by atoms with Crippen molar-refractivity contribution in [3.63, 3.8) is 0 Å². The van der Waals surface area contributed by atoms with Crippen molar-refractivity contribution in [1.29, 1.82) is 0 Å². The largest absolute Gasteiger partial charge is 0.350 e. The topological polar surface area (TPSA) is 42.0 Å². The Balaban J connectivity index is 1.80. The summed E-state index contributed by atoms with van der Waals surface area (Å²) in [6.07, 6.45) is 2.27. The third-order valence-corrected chi connectivity index (χ3v) is 3.01. The lowest BCUT2D eigenvalue weighted by Gasteiger charge is -2.03. The Morgan fingerprint density at radius 1 is 1.35 bits per heavy atom. The van der Waals surface area contributed by atoms with Crippen LogP contribution in [0.2, 0.25) is 0 Å². The van der Waals surface area contributed by atoms with Crippen LogP contribution in [0.4, 0.5) is 4.39 Å². The van der Waals surface area contributed by atoms with Gasteiger partial charge in [-0.1, -0.05) is 12.1 Å². The highest BCUT2D eigenvalue weighted by molar-refractivity contribution is 7.11. The zero-order valence-electron chi connectivity index (χ0n) is 9.02. The third-order valence-electron chi connectivity index (χ3n) is 2.24. The monoisotopic (exact) mass is 250 g/mol. The Hall–Kier alpha value is -1.75. The molecule has 1 heterocycles. The molecule has 0 radical (unpaired) electrons. The molecular weight excluding hydrogens is 239 g/mol. The summed E-state index contributed by atoms with van der Waals surface area (Å²) < 4.78 is 12.6. The van der Waals surface area contributed by atoms with Gasteiger partial charge in [-0.05, 0) is 24.1 Å². The standard InChI is InChI=1S/C12H11FN2OS/c13-10-3-1-9(2-4-10)5-6-14-11(16)12-15-7-8-17-12/h1-4,7-8H,5-6H2,(H,14,16). The number of rotatable bonds is 4. The minimum absolute atomic E-state index is 0.165. The van der Waals surface area contributed by atoms with Gasteiger partial charge in [0.05, 0.1) is 0 Å². The molecule has 17 heavy (non-hydrogen) atoms. The zero-order valence-corrected chi connectivity index (χ0v) is 9.84. The molecule has 88 valence electrons. The maximum absolute atomic E-state index is 12.6. The number of carbonyl (C=O) groups excluding carboxylic acids is 1. The van der Waals surface area contributed by atoms with Gasteiger partial charge in [-0.2, -0.15) is 0 Å². The van der Waals surface area contributed by atoms with Gasteiger partial charge in [0.15, 0.2) is 5.01 Å². The summed E-state index contributed by atoms with van der Waals surface area (Å²) in [6.45, 7) is 0.518. The van der Waals surface area contributed by atoms with E-state index in [0.717, 1.165) is 5.56 Å². The number of hydrogen-bond acceptors (Lipinski definition) is 3. The van der Waals surface area contributed by atoms with E-state index >= 15 is 0 Å². The first-order valence-electron chi connectivity index (χ1n) is 5.18. The van der Waals surface area contributed by atoms with E-state index < -0.39 is 0 Å². The Morgan fingerprint density at radius 2 is 2.12 bits per heavy atom. The summed E-state index contributed by atoms with van der Waals surface area (Å²) in [4.78, 5) is 15.4. The molecule has 0 fully saturated rings. The number of benzene rings is 1. The van der Waals surface area contributed by atoms with Crippen LogP contribution in [0.1, 0.15) is 15.4 Å². The van der Waals surface area contributed by atoms with Crippen LogP contribution < -0.4 is 5.32 Å². The molecular formula is C12H11FN2OS. The number of hydrogen-bond donors (Lipinski definition) is 1. The van der Waals surface area contributed by atoms with Crippen LogP contribution in [-0.2, 0) is 6.42 Å². The minimum atomic E-state index is -0.249. The lowest BCUT2D eigenvalue weighted by molar-refractivity contribution is 0.0954. The highest BCUT2D eigenvalue weighted by atomic mass is 32.1. The molecule has 0 aliphatic rings. The second-order valence-electron chi connectivity index (χ2n) is 3.47. The van der Waals surface area contributed by atoms with Crippen molar-refractivity contribution in [2.75, 3.05) is 6.54 Å². The average molecular weight is 250 g/mol. The predicted octanol–water partition coefficient (Wildman–Crippen LogP) is 2.25. The fraction of sp³-hybridized carbons (Fsp3) is 0.167. The minimum Gasteiger partial charge on any atom is -0.350 e. The van der Waals surface area contributed by atoms with Crippen molar-refractivity contribution in [2.45, 2.75) is 6.42 Å². The Labute approximate surface area is 102 Å². The van der Waals surface area contributed by atoms with E-state index in [1.54, 1.807) is 23.7 Å². The number of thiazole rings is 1. The van der Waals surface area contributed by atoms with Crippen molar-refractivity contribution >= 4 is 17.2 Å². The molecule has 0 saturated heterocycles. The number of halogens is 1. The SMILES string of the molecule is O=C(NCCc1ccc(F)cc1)c1nccs1. The van der Waals surface area contributed by atoms with E-state index in [0.29, 0.717) is 18.0 Å². The molecule has 2 rings (SSSR count). The maximum Gasteiger partial charge on any atom is 0.280 e. The summed E-state index contributed by atoms with van der Waals surface area (Å²) in [5.41, 5.74) is 0.992. The van der Waals surface area contributed by atoms with Crippen molar-refractivity contribution < 1.29 is 9.18 Å². The fourth-order valence-electron chi connectivity index (χ4n) is 1.38. The van der Waals surface area contributed by atoms with Crippen molar-refractivity contribution in [1.82, 2.24) is 10.3 Å². The molecule has 0 unspecified atom stereocenters. The van der Waals surface area contributed by atoms with Crippen LogP contribution in [0.3, 0.4) is 0 Å². The number of amides is 1. The number of aromatic nitrogens is 1. The number of carbonyl (C=O) groups is 1. The van der Waals surface area contributed by atoms with E-state index in [-0.39, 0.29) is 11.7 Å². The molecule has 1 amide bonds. The van der Waals surface area contributed by atoms with Gasteiger partial charge in [-0.25, -0.2) is 9.37 Å². The van der Waals surface area contributed by atoms with Crippen LogP contribution in [-0.4, -0.2) is 17.4 Å². The molecule has 2 aromatic rings. The van der Waals surface area contributed by atoms with Gasteiger partial charge in [0, 0.05) is 18.1 Å². The van der Waals surface area contributed by atoms with E-state index in [2.05, 4.69) is 10.3 Å². The lowest BCUT2D eigenvalue weighted by Crippen LogP contribution is -2.25. The lowest BCUT2D eigenvalue weighted by atomic mass is 10.1. The smallest absolute Gasteiger partial charge is 0.280 e. The van der Waals surface area contributed by atoms with Gasteiger partial charge in [-0.15, -0.1) is 11.3 Å².